The van der Waals surface area contributed by atoms with Gasteiger partial charge >= 0.3 is 0 Å². The summed E-state index contributed by atoms with van der Waals surface area (Å²) in [7, 11) is 3.19. The molecule has 2 atom stereocenters. The number of aromatic amines is 1. The molecule has 2 amide bonds. The molecule has 33 heavy (non-hydrogen) atoms. The molecule has 0 bridgehead atoms. The molecule has 7 heteroatoms. The largest absolute Gasteiger partial charge is 0.493 e. The number of H-pyrrole nitrogens is 1. The number of carbonyl (C=O) groups is 2. The Labute approximate surface area is 193 Å². The van der Waals surface area contributed by atoms with E-state index in [2.05, 4.69) is 24.9 Å². The second kappa shape index (κ2) is 8.14. The highest BCUT2D eigenvalue weighted by molar-refractivity contribution is 5.97. The Hall–Kier alpha value is -3.48. The van der Waals surface area contributed by atoms with Crippen molar-refractivity contribution in [3.8, 4) is 11.5 Å². The Morgan fingerprint density at radius 2 is 1.85 bits per heavy atom. The fourth-order valence-electron chi connectivity index (χ4n) is 5.37. The van der Waals surface area contributed by atoms with E-state index in [0.29, 0.717) is 24.5 Å². The molecule has 1 fully saturated rings. The summed E-state index contributed by atoms with van der Waals surface area (Å²) in [6, 6.07) is 12.7. The lowest BCUT2D eigenvalue weighted by atomic mass is 9.85. The van der Waals surface area contributed by atoms with Crippen LogP contribution in [0, 0.1) is 5.92 Å². The predicted octanol–water partition coefficient (Wildman–Crippen LogP) is 3.53. The number of ether oxygens (including phenoxy) is 2. The zero-order valence-electron chi connectivity index (χ0n) is 19.4. The van der Waals surface area contributed by atoms with E-state index in [-0.39, 0.29) is 24.3 Å². The van der Waals surface area contributed by atoms with E-state index >= 15 is 0 Å². The van der Waals surface area contributed by atoms with Gasteiger partial charge < -0.3 is 24.3 Å². The number of benzene rings is 2. The van der Waals surface area contributed by atoms with Gasteiger partial charge in [0.05, 0.1) is 20.8 Å². The number of hydrogen-bond acceptors (Lipinski definition) is 4. The number of hydrogen-bond donors (Lipinski definition) is 1. The predicted molar refractivity (Wildman–Crippen MR) is 125 cm³/mol. The van der Waals surface area contributed by atoms with E-state index in [1.807, 2.05) is 36.4 Å². The molecule has 2 aliphatic rings. The van der Waals surface area contributed by atoms with Crippen molar-refractivity contribution in [3.63, 3.8) is 0 Å². The lowest BCUT2D eigenvalue weighted by molar-refractivity contribution is -0.159. The van der Waals surface area contributed by atoms with Crippen LogP contribution in [0.25, 0.3) is 10.9 Å². The van der Waals surface area contributed by atoms with Crippen molar-refractivity contribution in [1.82, 2.24) is 14.8 Å². The molecule has 0 saturated carbocycles. The molecule has 1 N–H and O–H groups in total. The van der Waals surface area contributed by atoms with Crippen molar-refractivity contribution in [2.45, 2.75) is 32.4 Å². The fourth-order valence-corrected chi connectivity index (χ4v) is 5.37. The highest BCUT2D eigenvalue weighted by atomic mass is 16.5. The van der Waals surface area contributed by atoms with Gasteiger partial charge in [-0.2, -0.15) is 0 Å². The highest BCUT2D eigenvalue weighted by Gasteiger charge is 2.49. The van der Waals surface area contributed by atoms with Gasteiger partial charge in [0.2, 0.25) is 11.8 Å². The summed E-state index contributed by atoms with van der Waals surface area (Å²) in [6.07, 6.45) is 0.487. The number of piperazine rings is 1. The molecule has 3 aromatic rings. The van der Waals surface area contributed by atoms with Crippen molar-refractivity contribution in [2.75, 3.05) is 27.3 Å². The number of para-hydroxylation sites is 2. The lowest BCUT2D eigenvalue weighted by Gasteiger charge is -2.47. The fraction of sp³-hybridized carbons (Fsp3) is 0.385. The number of nitrogens with one attached hydrogen (secondary N) is 1. The molecular weight excluding hydrogens is 418 g/mol. The normalized spacial score (nSPS) is 20.3. The molecule has 0 radical (unpaired) electrons. The summed E-state index contributed by atoms with van der Waals surface area (Å²) in [6.45, 7) is 4.79. The Balaban J connectivity index is 1.73. The SMILES string of the molecule is COc1cccc(C2c3[nH]c4ccccc4c3CC3C(=O)N(CC(C)C)CC(=O)N32)c1OC. The lowest BCUT2D eigenvalue weighted by Crippen LogP contribution is -2.63. The number of aromatic nitrogens is 1. The summed E-state index contributed by atoms with van der Waals surface area (Å²) in [5.74, 6) is 1.40. The van der Waals surface area contributed by atoms with Gasteiger partial charge in [0.25, 0.3) is 0 Å². The van der Waals surface area contributed by atoms with Gasteiger partial charge in [-0.3, -0.25) is 9.59 Å². The van der Waals surface area contributed by atoms with Crippen molar-refractivity contribution in [2.24, 2.45) is 5.92 Å². The minimum Gasteiger partial charge on any atom is -0.493 e. The van der Waals surface area contributed by atoms with Crippen LogP contribution in [0.1, 0.15) is 36.7 Å². The van der Waals surface area contributed by atoms with Crippen LogP contribution in [0.5, 0.6) is 11.5 Å². The van der Waals surface area contributed by atoms with Crippen molar-refractivity contribution < 1.29 is 19.1 Å². The summed E-state index contributed by atoms with van der Waals surface area (Å²) in [4.78, 5) is 34.2. The molecule has 2 unspecified atom stereocenters. The average molecular weight is 448 g/mol. The third kappa shape index (κ3) is 3.34. The average Bonchev–Trinajstić information content (AvgIpc) is 3.18. The van der Waals surface area contributed by atoms with Crippen LogP contribution >= 0.6 is 0 Å². The van der Waals surface area contributed by atoms with Crippen molar-refractivity contribution in [1.29, 1.82) is 0 Å². The van der Waals surface area contributed by atoms with Crippen LogP contribution in [-0.2, 0) is 16.0 Å². The second-order valence-corrected chi connectivity index (χ2v) is 9.18. The van der Waals surface area contributed by atoms with Gasteiger partial charge in [-0.25, -0.2) is 0 Å². The Morgan fingerprint density at radius 3 is 2.58 bits per heavy atom. The van der Waals surface area contributed by atoms with Gasteiger partial charge in [-0.15, -0.1) is 0 Å². The number of nitrogens with zero attached hydrogens (tertiary/aromatic N) is 2. The van der Waals surface area contributed by atoms with Crippen LogP contribution in [-0.4, -0.2) is 59.9 Å². The Bertz CT molecular complexity index is 1230. The first-order chi connectivity index (χ1) is 15.9. The van der Waals surface area contributed by atoms with Crippen LogP contribution in [0.15, 0.2) is 42.5 Å². The Kier molecular flexibility index (Phi) is 5.27. The van der Waals surface area contributed by atoms with Gasteiger partial charge in [0.1, 0.15) is 12.1 Å². The summed E-state index contributed by atoms with van der Waals surface area (Å²) >= 11 is 0. The molecular formula is C26H29N3O4. The molecule has 1 saturated heterocycles. The van der Waals surface area contributed by atoms with Gasteiger partial charge in [0, 0.05) is 35.1 Å². The van der Waals surface area contributed by atoms with E-state index in [9.17, 15) is 9.59 Å². The second-order valence-electron chi connectivity index (χ2n) is 9.18. The number of carbonyl (C=O) groups excluding carboxylic acids is 2. The number of fused-ring (bicyclic) bond motifs is 4. The number of rotatable bonds is 5. The number of methoxy groups -OCH3 is 2. The third-order valence-corrected chi connectivity index (χ3v) is 6.66. The monoisotopic (exact) mass is 447 g/mol. The summed E-state index contributed by atoms with van der Waals surface area (Å²) in [5.41, 5.74) is 3.80. The van der Waals surface area contributed by atoms with Crippen LogP contribution in [0.4, 0.5) is 0 Å². The number of amides is 2. The topological polar surface area (TPSA) is 74.9 Å². The van der Waals surface area contributed by atoms with Crippen LogP contribution < -0.4 is 9.47 Å². The van der Waals surface area contributed by atoms with Crippen molar-refractivity contribution in [3.05, 3.63) is 59.3 Å². The first-order valence-corrected chi connectivity index (χ1v) is 11.3. The zero-order chi connectivity index (χ0) is 23.3. The van der Waals surface area contributed by atoms with Gasteiger partial charge in [0.15, 0.2) is 11.5 Å². The molecule has 172 valence electrons. The van der Waals surface area contributed by atoms with E-state index in [1.54, 1.807) is 24.0 Å². The third-order valence-electron chi connectivity index (χ3n) is 6.66. The van der Waals surface area contributed by atoms with Crippen LogP contribution in [0.3, 0.4) is 0 Å². The first-order valence-electron chi connectivity index (χ1n) is 11.3. The van der Waals surface area contributed by atoms with Crippen LogP contribution in [0.2, 0.25) is 0 Å². The summed E-state index contributed by atoms with van der Waals surface area (Å²) in [5, 5.41) is 1.08. The highest BCUT2D eigenvalue weighted by Crippen LogP contribution is 2.46. The van der Waals surface area contributed by atoms with Gasteiger partial charge in [-0.1, -0.05) is 44.2 Å². The molecule has 2 aromatic carbocycles. The minimum atomic E-state index is -0.558. The molecule has 5 rings (SSSR count). The quantitative estimate of drug-likeness (QED) is 0.649. The standard InChI is InChI=1S/C26H29N3O4/c1-15(2)13-28-14-22(30)29-20(26(28)31)12-18-16-8-5-6-10-19(16)27-23(18)24(29)17-9-7-11-21(32-3)25(17)33-4/h5-11,15,20,24,27H,12-14H2,1-4H3. The van der Waals surface area contributed by atoms with E-state index in [0.717, 1.165) is 27.7 Å². The first kappa shape index (κ1) is 21.4. The van der Waals surface area contributed by atoms with Gasteiger partial charge in [-0.05, 0) is 23.6 Å². The maximum Gasteiger partial charge on any atom is 0.246 e. The zero-order valence-corrected chi connectivity index (χ0v) is 19.4. The molecule has 2 aliphatic heterocycles. The minimum absolute atomic E-state index is 0.00564. The van der Waals surface area contributed by atoms with E-state index in [1.165, 1.54) is 0 Å². The molecule has 1 aromatic heterocycles. The maximum absolute atomic E-state index is 13.6. The molecule has 0 spiro atoms. The van der Waals surface area contributed by atoms with E-state index < -0.39 is 12.1 Å². The molecule has 7 nitrogen and oxygen atoms in total. The van der Waals surface area contributed by atoms with Crippen molar-refractivity contribution >= 4 is 22.7 Å². The smallest absolute Gasteiger partial charge is 0.246 e. The Morgan fingerprint density at radius 1 is 1.06 bits per heavy atom. The maximum atomic E-state index is 13.6. The summed E-state index contributed by atoms with van der Waals surface area (Å²) < 4.78 is 11.3. The molecule has 0 aliphatic carbocycles. The molecule has 3 heterocycles. The van der Waals surface area contributed by atoms with E-state index in [4.69, 9.17) is 9.47 Å².